The fraction of sp³-hybridized carbons (Fsp3) is 0.500. The lowest BCUT2D eigenvalue weighted by Crippen LogP contribution is -2.40. The summed E-state index contributed by atoms with van der Waals surface area (Å²) >= 11 is 0. The van der Waals surface area contributed by atoms with E-state index < -0.39 is 0 Å². The number of nitrogens with one attached hydrogen (secondary N) is 1. The van der Waals surface area contributed by atoms with Crippen molar-refractivity contribution in [3.63, 3.8) is 0 Å². The molecule has 0 bridgehead atoms. The second-order valence-electron chi connectivity index (χ2n) is 4.21. The van der Waals surface area contributed by atoms with Crippen LogP contribution < -0.4 is 10.1 Å². The summed E-state index contributed by atoms with van der Waals surface area (Å²) in [6, 6.07) is 8.48. The third kappa shape index (κ3) is 1.22. The van der Waals surface area contributed by atoms with Crippen LogP contribution in [0.3, 0.4) is 0 Å². The summed E-state index contributed by atoms with van der Waals surface area (Å²) in [7, 11) is 0. The van der Waals surface area contributed by atoms with E-state index in [1.54, 1.807) is 0 Å². The number of fused-ring (bicyclic) bond motifs is 3. The first-order valence-electron chi connectivity index (χ1n) is 5.37. The Balaban J connectivity index is 1.99. The molecule has 0 aliphatic carbocycles. The molecular formula is C12H15NO. The predicted molar refractivity (Wildman–Crippen MR) is 55.7 cm³/mol. The molecule has 1 aromatic carbocycles. The molecule has 0 amide bonds. The van der Waals surface area contributed by atoms with Crippen molar-refractivity contribution in [2.75, 3.05) is 19.7 Å². The molecule has 2 aliphatic heterocycles. The van der Waals surface area contributed by atoms with Crippen LogP contribution in [0.1, 0.15) is 17.9 Å². The maximum Gasteiger partial charge on any atom is 0.122 e. The van der Waals surface area contributed by atoms with Crippen molar-refractivity contribution in [1.82, 2.24) is 5.32 Å². The fourth-order valence-corrected chi connectivity index (χ4v) is 2.62. The second-order valence-corrected chi connectivity index (χ2v) is 4.21. The van der Waals surface area contributed by atoms with Gasteiger partial charge in [-0.25, -0.2) is 0 Å². The predicted octanol–water partition coefficient (Wildman–Crippen LogP) is 1.77. The zero-order chi connectivity index (χ0) is 9.38. The van der Waals surface area contributed by atoms with E-state index in [1.165, 1.54) is 12.0 Å². The van der Waals surface area contributed by atoms with E-state index in [0.717, 1.165) is 31.4 Å². The summed E-state index contributed by atoms with van der Waals surface area (Å²) in [5.41, 5.74) is 1.42. The summed E-state index contributed by atoms with van der Waals surface area (Å²) < 4.78 is 5.75. The Morgan fingerprint density at radius 3 is 3.21 bits per heavy atom. The number of ether oxygens (including phenoxy) is 1. The molecule has 2 atom stereocenters. The molecule has 14 heavy (non-hydrogen) atoms. The van der Waals surface area contributed by atoms with Crippen molar-refractivity contribution < 1.29 is 4.74 Å². The molecule has 1 fully saturated rings. The van der Waals surface area contributed by atoms with Crippen LogP contribution in [-0.4, -0.2) is 19.7 Å². The summed E-state index contributed by atoms with van der Waals surface area (Å²) in [6.45, 7) is 3.14. The number of piperidine rings is 1. The molecule has 0 unspecified atom stereocenters. The van der Waals surface area contributed by atoms with Gasteiger partial charge in [0.15, 0.2) is 0 Å². The Morgan fingerprint density at radius 2 is 2.21 bits per heavy atom. The van der Waals surface area contributed by atoms with Crippen molar-refractivity contribution in [1.29, 1.82) is 0 Å². The average molecular weight is 189 g/mol. The van der Waals surface area contributed by atoms with Crippen molar-refractivity contribution in [3.8, 4) is 5.75 Å². The van der Waals surface area contributed by atoms with Gasteiger partial charge in [0, 0.05) is 12.5 Å². The highest BCUT2D eigenvalue weighted by Gasteiger charge is 2.32. The minimum Gasteiger partial charge on any atom is -0.493 e. The Kier molecular flexibility index (Phi) is 1.95. The van der Waals surface area contributed by atoms with E-state index in [4.69, 9.17) is 4.74 Å². The molecule has 3 rings (SSSR count). The zero-order valence-corrected chi connectivity index (χ0v) is 8.20. The van der Waals surface area contributed by atoms with E-state index in [2.05, 4.69) is 29.6 Å². The molecule has 0 spiro atoms. The van der Waals surface area contributed by atoms with E-state index in [0.29, 0.717) is 5.92 Å². The van der Waals surface area contributed by atoms with Crippen LogP contribution in [0, 0.1) is 5.92 Å². The minimum absolute atomic E-state index is 0.679. The SMILES string of the molecule is c1ccc2c(c1)OC[C@H]1CNCC[C@H]21. The maximum atomic E-state index is 5.75. The molecule has 74 valence electrons. The van der Waals surface area contributed by atoms with Crippen molar-refractivity contribution in [2.24, 2.45) is 5.92 Å². The van der Waals surface area contributed by atoms with Gasteiger partial charge in [-0.05, 0) is 30.5 Å². The van der Waals surface area contributed by atoms with E-state index in [1.807, 2.05) is 0 Å². The fourth-order valence-electron chi connectivity index (χ4n) is 2.62. The second kappa shape index (κ2) is 3.28. The highest BCUT2D eigenvalue weighted by Crippen LogP contribution is 2.39. The van der Waals surface area contributed by atoms with Gasteiger partial charge in [0.05, 0.1) is 6.61 Å². The Hall–Kier alpha value is -1.02. The molecule has 2 aliphatic rings. The van der Waals surface area contributed by atoms with Gasteiger partial charge >= 0.3 is 0 Å². The van der Waals surface area contributed by atoms with Gasteiger partial charge in [-0.3, -0.25) is 0 Å². The van der Waals surface area contributed by atoms with Gasteiger partial charge in [-0.1, -0.05) is 18.2 Å². The lowest BCUT2D eigenvalue weighted by atomic mass is 9.80. The van der Waals surface area contributed by atoms with Crippen LogP contribution in [0.2, 0.25) is 0 Å². The third-order valence-electron chi connectivity index (χ3n) is 3.38. The maximum absolute atomic E-state index is 5.75. The summed E-state index contributed by atoms with van der Waals surface area (Å²) in [6.07, 6.45) is 1.25. The minimum atomic E-state index is 0.679. The van der Waals surface area contributed by atoms with Crippen LogP contribution in [0.5, 0.6) is 5.75 Å². The molecule has 2 heterocycles. The molecule has 2 heteroatoms. The number of benzene rings is 1. The van der Waals surface area contributed by atoms with Gasteiger partial charge in [-0.2, -0.15) is 0 Å². The number of hydrogen-bond acceptors (Lipinski definition) is 2. The standard InChI is InChI=1S/C12H15NO/c1-2-4-12-11(3-1)10-5-6-13-7-9(10)8-14-12/h1-4,9-10,13H,5-8H2/t9-,10+/m1/s1. The van der Waals surface area contributed by atoms with Gasteiger partial charge in [0.1, 0.15) is 5.75 Å². The molecule has 0 radical (unpaired) electrons. The number of para-hydroxylation sites is 1. The molecule has 0 aromatic heterocycles. The van der Waals surface area contributed by atoms with Crippen LogP contribution in [0.25, 0.3) is 0 Å². The normalized spacial score (nSPS) is 30.0. The Bertz CT molecular complexity index is 337. The average Bonchev–Trinajstić information content (AvgIpc) is 2.29. The molecule has 1 N–H and O–H groups in total. The molecule has 1 aromatic rings. The van der Waals surface area contributed by atoms with Crippen LogP contribution >= 0.6 is 0 Å². The number of rotatable bonds is 0. The lowest BCUT2D eigenvalue weighted by molar-refractivity contribution is 0.167. The van der Waals surface area contributed by atoms with Crippen LogP contribution in [0.15, 0.2) is 24.3 Å². The summed E-state index contributed by atoms with van der Waals surface area (Å²) in [5.74, 6) is 2.51. The molecule has 0 saturated carbocycles. The first kappa shape index (κ1) is 8.30. The zero-order valence-electron chi connectivity index (χ0n) is 8.20. The third-order valence-corrected chi connectivity index (χ3v) is 3.38. The molecule has 2 nitrogen and oxygen atoms in total. The largest absolute Gasteiger partial charge is 0.493 e. The summed E-state index contributed by atoms with van der Waals surface area (Å²) in [5, 5.41) is 3.43. The Labute approximate surface area is 84.3 Å². The lowest BCUT2D eigenvalue weighted by Gasteiger charge is -2.37. The summed E-state index contributed by atoms with van der Waals surface area (Å²) in [4.78, 5) is 0. The molecular weight excluding hydrogens is 174 g/mol. The van der Waals surface area contributed by atoms with Crippen LogP contribution in [0.4, 0.5) is 0 Å². The molecule has 1 saturated heterocycles. The first-order chi connectivity index (χ1) is 6.95. The van der Waals surface area contributed by atoms with Crippen molar-refractivity contribution in [3.05, 3.63) is 29.8 Å². The highest BCUT2D eigenvalue weighted by atomic mass is 16.5. The first-order valence-corrected chi connectivity index (χ1v) is 5.37. The monoisotopic (exact) mass is 189 g/mol. The van der Waals surface area contributed by atoms with Gasteiger partial charge < -0.3 is 10.1 Å². The van der Waals surface area contributed by atoms with Gasteiger partial charge in [-0.15, -0.1) is 0 Å². The quantitative estimate of drug-likeness (QED) is 0.671. The highest BCUT2D eigenvalue weighted by molar-refractivity contribution is 5.38. The Morgan fingerprint density at radius 1 is 1.29 bits per heavy atom. The topological polar surface area (TPSA) is 21.3 Å². The van der Waals surface area contributed by atoms with E-state index in [-0.39, 0.29) is 0 Å². The van der Waals surface area contributed by atoms with E-state index >= 15 is 0 Å². The van der Waals surface area contributed by atoms with Crippen molar-refractivity contribution >= 4 is 0 Å². The van der Waals surface area contributed by atoms with Crippen molar-refractivity contribution in [2.45, 2.75) is 12.3 Å². The number of hydrogen-bond donors (Lipinski definition) is 1. The smallest absolute Gasteiger partial charge is 0.122 e. The van der Waals surface area contributed by atoms with Crippen LogP contribution in [-0.2, 0) is 0 Å². The van der Waals surface area contributed by atoms with Gasteiger partial charge in [0.25, 0.3) is 0 Å². The van der Waals surface area contributed by atoms with Gasteiger partial charge in [0.2, 0.25) is 0 Å². The van der Waals surface area contributed by atoms with E-state index in [9.17, 15) is 0 Å².